The summed E-state index contributed by atoms with van der Waals surface area (Å²) in [5, 5.41) is 3.11. The lowest BCUT2D eigenvalue weighted by molar-refractivity contribution is -0.126. The third-order valence-corrected chi connectivity index (χ3v) is 4.10. The maximum absolute atomic E-state index is 12.3. The van der Waals surface area contributed by atoms with Crippen molar-refractivity contribution in [3.05, 3.63) is 0 Å². The van der Waals surface area contributed by atoms with Gasteiger partial charge in [-0.1, -0.05) is 32.6 Å². The molecule has 0 aromatic rings. The van der Waals surface area contributed by atoms with Gasteiger partial charge in [-0.15, -0.1) is 24.8 Å². The van der Waals surface area contributed by atoms with E-state index in [2.05, 4.69) is 17.1 Å². The summed E-state index contributed by atoms with van der Waals surface area (Å²) >= 11 is 0. The molecule has 1 saturated heterocycles. The van der Waals surface area contributed by atoms with E-state index in [1.807, 2.05) is 6.92 Å². The molecule has 0 radical (unpaired) electrons. The van der Waals surface area contributed by atoms with Crippen molar-refractivity contribution in [3.8, 4) is 0 Å². The van der Waals surface area contributed by atoms with Crippen LogP contribution < -0.4 is 11.1 Å². The molecule has 0 aromatic heterocycles. The predicted molar refractivity (Wildman–Crippen MR) is 94.5 cm³/mol. The summed E-state index contributed by atoms with van der Waals surface area (Å²) in [4.78, 5) is 14.6. The molecule has 0 bridgehead atoms. The van der Waals surface area contributed by atoms with Crippen LogP contribution in [0.15, 0.2) is 0 Å². The number of unbranched alkanes of at least 4 members (excludes halogenated alkanes) is 1. The van der Waals surface area contributed by atoms with Crippen LogP contribution in [-0.4, -0.2) is 42.5 Å². The van der Waals surface area contributed by atoms with Crippen LogP contribution >= 0.6 is 24.8 Å². The van der Waals surface area contributed by atoms with Gasteiger partial charge in [-0.05, 0) is 39.3 Å². The summed E-state index contributed by atoms with van der Waals surface area (Å²) in [7, 11) is 0. The van der Waals surface area contributed by atoms with Gasteiger partial charge in [0.1, 0.15) is 0 Å². The molecule has 0 saturated carbocycles. The zero-order valence-electron chi connectivity index (χ0n) is 13.5. The number of hydrogen-bond acceptors (Lipinski definition) is 3. The molecular formula is C15H33Cl2N3O. The SMILES string of the molecule is CCCCC(CN)NC(=O)C(C)N1CCCCCC1.Cl.Cl. The van der Waals surface area contributed by atoms with Gasteiger partial charge < -0.3 is 11.1 Å². The summed E-state index contributed by atoms with van der Waals surface area (Å²) in [6, 6.07) is 0.121. The Morgan fingerprint density at radius 2 is 1.76 bits per heavy atom. The van der Waals surface area contributed by atoms with Gasteiger partial charge in [0.2, 0.25) is 5.91 Å². The predicted octanol–water partition coefficient (Wildman–Crippen LogP) is 2.73. The van der Waals surface area contributed by atoms with Crippen molar-refractivity contribution in [2.24, 2.45) is 5.73 Å². The first-order valence-corrected chi connectivity index (χ1v) is 7.93. The lowest BCUT2D eigenvalue weighted by Crippen LogP contribution is -2.50. The van der Waals surface area contributed by atoms with Crippen LogP contribution in [0, 0.1) is 0 Å². The summed E-state index contributed by atoms with van der Waals surface area (Å²) in [5.41, 5.74) is 5.74. The van der Waals surface area contributed by atoms with E-state index in [1.54, 1.807) is 0 Å². The number of amides is 1. The Balaban J connectivity index is 0. The highest BCUT2D eigenvalue weighted by molar-refractivity contribution is 5.85. The third-order valence-electron chi connectivity index (χ3n) is 4.10. The van der Waals surface area contributed by atoms with Crippen molar-refractivity contribution < 1.29 is 4.79 Å². The quantitative estimate of drug-likeness (QED) is 0.748. The summed E-state index contributed by atoms with van der Waals surface area (Å²) in [6.45, 7) is 6.83. The maximum atomic E-state index is 12.3. The summed E-state index contributed by atoms with van der Waals surface area (Å²) < 4.78 is 0. The van der Waals surface area contributed by atoms with Crippen molar-refractivity contribution >= 4 is 30.7 Å². The number of nitrogens with two attached hydrogens (primary N) is 1. The van der Waals surface area contributed by atoms with Crippen LogP contribution in [0.5, 0.6) is 0 Å². The number of nitrogens with zero attached hydrogens (tertiary/aromatic N) is 1. The van der Waals surface area contributed by atoms with E-state index in [0.29, 0.717) is 6.54 Å². The van der Waals surface area contributed by atoms with Gasteiger partial charge in [-0.3, -0.25) is 9.69 Å². The summed E-state index contributed by atoms with van der Waals surface area (Å²) in [6.07, 6.45) is 8.29. The highest BCUT2D eigenvalue weighted by atomic mass is 35.5. The molecule has 1 fully saturated rings. The van der Waals surface area contributed by atoms with E-state index in [1.165, 1.54) is 25.7 Å². The minimum atomic E-state index is -0.0197. The second kappa shape index (κ2) is 13.6. The molecule has 1 heterocycles. The number of carbonyl (C=O) groups excluding carboxylic acids is 1. The number of likely N-dealkylation sites (tertiary alicyclic amines) is 1. The average molecular weight is 342 g/mol. The fourth-order valence-electron chi connectivity index (χ4n) is 2.67. The molecule has 1 aliphatic rings. The van der Waals surface area contributed by atoms with Gasteiger partial charge in [0, 0.05) is 12.6 Å². The molecule has 1 rings (SSSR count). The minimum Gasteiger partial charge on any atom is -0.351 e. The second-order valence-electron chi connectivity index (χ2n) is 5.71. The highest BCUT2D eigenvalue weighted by Gasteiger charge is 2.23. The van der Waals surface area contributed by atoms with Gasteiger partial charge in [-0.2, -0.15) is 0 Å². The average Bonchev–Trinajstić information content (AvgIpc) is 2.71. The lowest BCUT2D eigenvalue weighted by Gasteiger charge is -2.28. The Hall–Kier alpha value is -0.0300. The van der Waals surface area contributed by atoms with Gasteiger partial charge in [0.05, 0.1) is 6.04 Å². The molecule has 0 aromatic carbocycles. The van der Waals surface area contributed by atoms with Gasteiger partial charge in [-0.25, -0.2) is 0 Å². The van der Waals surface area contributed by atoms with E-state index in [9.17, 15) is 4.79 Å². The Morgan fingerprint density at radius 1 is 1.19 bits per heavy atom. The third kappa shape index (κ3) is 8.87. The smallest absolute Gasteiger partial charge is 0.237 e. The molecule has 128 valence electrons. The zero-order chi connectivity index (χ0) is 14.1. The molecule has 0 aliphatic carbocycles. The fourth-order valence-corrected chi connectivity index (χ4v) is 2.67. The Kier molecular flexibility index (Phi) is 15.1. The topological polar surface area (TPSA) is 58.4 Å². The number of carbonyl (C=O) groups is 1. The van der Waals surface area contributed by atoms with Crippen molar-refractivity contribution in [2.75, 3.05) is 19.6 Å². The van der Waals surface area contributed by atoms with Crippen LogP contribution in [0.1, 0.15) is 58.8 Å². The Labute approximate surface area is 142 Å². The summed E-state index contributed by atoms with van der Waals surface area (Å²) in [5.74, 6) is 0.147. The van der Waals surface area contributed by atoms with Crippen LogP contribution in [0.4, 0.5) is 0 Å². The van der Waals surface area contributed by atoms with E-state index in [-0.39, 0.29) is 42.8 Å². The maximum Gasteiger partial charge on any atom is 0.237 e. The van der Waals surface area contributed by atoms with Crippen LogP contribution in [0.25, 0.3) is 0 Å². The molecule has 3 N–H and O–H groups in total. The Bertz CT molecular complexity index is 259. The molecule has 1 amide bonds. The van der Waals surface area contributed by atoms with E-state index in [4.69, 9.17) is 5.73 Å². The first kappa shape index (κ1) is 23.2. The standard InChI is InChI=1S/C15H31N3O.2ClH/c1-3-4-9-14(12-16)17-15(19)13(2)18-10-7-5-6-8-11-18;;/h13-14H,3-12,16H2,1-2H3,(H,17,19);2*1H. The van der Waals surface area contributed by atoms with Crippen molar-refractivity contribution in [2.45, 2.75) is 70.9 Å². The molecular weight excluding hydrogens is 309 g/mol. The van der Waals surface area contributed by atoms with Gasteiger partial charge >= 0.3 is 0 Å². The molecule has 0 spiro atoms. The van der Waals surface area contributed by atoms with Crippen LogP contribution in [0.2, 0.25) is 0 Å². The number of rotatable bonds is 7. The first-order chi connectivity index (χ1) is 9.19. The molecule has 2 unspecified atom stereocenters. The normalized spacial score (nSPS) is 18.6. The minimum absolute atomic E-state index is 0. The van der Waals surface area contributed by atoms with Crippen LogP contribution in [0.3, 0.4) is 0 Å². The van der Waals surface area contributed by atoms with Crippen molar-refractivity contribution in [3.63, 3.8) is 0 Å². The molecule has 1 aliphatic heterocycles. The fraction of sp³-hybridized carbons (Fsp3) is 0.933. The number of nitrogens with one attached hydrogen (secondary N) is 1. The zero-order valence-corrected chi connectivity index (χ0v) is 15.1. The van der Waals surface area contributed by atoms with Gasteiger partial charge in [0.15, 0.2) is 0 Å². The van der Waals surface area contributed by atoms with Gasteiger partial charge in [0.25, 0.3) is 0 Å². The van der Waals surface area contributed by atoms with Crippen LogP contribution in [-0.2, 0) is 4.79 Å². The highest BCUT2D eigenvalue weighted by Crippen LogP contribution is 2.12. The first-order valence-electron chi connectivity index (χ1n) is 7.93. The van der Waals surface area contributed by atoms with Crippen molar-refractivity contribution in [1.82, 2.24) is 10.2 Å². The monoisotopic (exact) mass is 341 g/mol. The second-order valence-corrected chi connectivity index (χ2v) is 5.71. The van der Waals surface area contributed by atoms with Crippen molar-refractivity contribution in [1.29, 1.82) is 0 Å². The number of halogens is 2. The van der Waals surface area contributed by atoms with E-state index < -0.39 is 0 Å². The number of hydrogen-bond donors (Lipinski definition) is 2. The molecule has 4 nitrogen and oxygen atoms in total. The van der Waals surface area contributed by atoms with E-state index >= 15 is 0 Å². The molecule has 6 heteroatoms. The molecule has 21 heavy (non-hydrogen) atoms. The van der Waals surface area contributed by atoms with E-state index in [0.717, 1.165) is 32.4 Å². The molecule has 2 atom stereocenters. The lowest BCUT2D eigenvalue weighted by atomic mass is 10.1. The largest absolute Gasteiger partial charge is 0.351 e. The Morgan fingerprint density at radius 3 is 2.24 bits per heavy atom.